The molecule has 3 rings (SSSR count). The Balaban J connectivity index is 1.78. The number of aryl methyl sites for hydroxylation is 3. The molecule has 5 amide bonds. The molecule has 12 N–H and O–H groups in total. The molecule has 24 heteroatoms. The Kier molecular flexibility index (Phi) is 25.5. The van der Waals surface area contributed by atoms with Crippen LogP contribution < -0.4 is 31.9 Å². The number of benzene rings is 3. The predicted molar refractivity (Wildman–Crippen MR) is 281 cm³/mol. The third-order valence-corrected chi connectivity index (χ3v) is 13.5. The zero-order valence-electron chi connectivity index (χ0n) is 44.3. The molecular weight excluding hydrogens is 997 g/mol. The SMILES string of the molecule is CCC(CO)(CO)COC(=O)CNc1ccc(C)c(NC(=O)OCC(CC)(COC(=O)Nc2cc(NC(=O)OCC(CC)(CO)CO)ccc2C)COC(=O)Nc2cc(NC(=O)OCC(CC)(CO)CO)ccc2C)c1. The van der Waals surface area contributed by atoms with E-state index < -0.39 is 104 Å². The number of ether oxygens (including phenoxy) is 6. The molecule has 422 valence electrons. The number of aliphatic hydroxyl groups is 6. The molecule has 0 saturated carbocycles. The largest absolute Gasteiger partial charge is 0.464 e. The van der Waals surface area contributed by atoms with Crippen LogP contribution in [-0.2, 0) is 33.2 Å². The topological polar surface area (TPSA) is 351 Å². The van der Waals surface area contributed by atoms with Crippen LogP contribution in [0.1, 0.15) is 70.1 Å². The van der Waals surface area contributed by atoms with Crippen LogP contribution in [0.5, 0.6) is 0 Å². The van der Waals surface area contributed by atoms with Gasteiger partial charge in [-0.3, -0.25) is 31.4 Å². The van der Waals surface area contributed by atoms with Gasteiger partial charge in [-0.1, -0.05) is 45.9 Å². The Labute approximate surface area is 442 Å². The molecule has 0 aliphatic carbocycles. The summed E-state index contributed by atoms with van der Waals surface area (Å²) in [6.07, 6.45) is -3.42. The maximum Gasteiger partial charge on any atom is 0.411 e. The summed E-state index contributed by atoms with van der Waals surface area (Å²) in [5, 5.41) is 74.1. The van der Waals surface area contributed by atoms with Crippen LogP contribution in [0.4, 0.5) is 58.1 Å². The Bertz CT molecular complexity index is 2260. The van der Waals surface area contributed by atoms with E-state index >= 15 is 0 Å². The van der Waals surface area contributed by atoms with Crippen molar-refractivity contribution >= 4 is 70.6 Å². The first-order chi connectivity index (χ1) is 36.2. The summed E-state index contributed by atoms with van der Waals surface area (Å²) in [6, 6.07) is 14.1. The van der Waals surface area contributed by atoms with E-state index in [1.165, 1.54) is 12.1 Å². The number of carbonyl (C=O) groups is 6. The number of esters is 1. The molecule has 0 heterocycles. The number of carbonyl (C=O) groups excluding carboxylic acids is 6. The average Bonchev–Trinajstić information content (AvgIpc) is 3.42. The molecule has 24 nitrogen and oxygen atoms in total. The Morgan fingerprint density at radius 1 is 0.382 bits per heavy atom. The third-order valence-electron chi connectivity index (χ3n) is 13.5. The molecule has 0 fully saturated rings. The minimum atomic E-state index is -1.37. The second kappa shape index (κ2) is 30.6. The fourth-order valence-corrected chi connectivity index (χ4v) is 6.67. The van der Waals surface area contributed by atoms with Gasteiger partial charge in [0.1, 0.15) is 46.2 Å². The fraction of sp³-hybridized carbons (Fsp3) is 0.538. The summed E-state index contributed by atoms with van der Waals surface area (Å²) >= 11 is 0. The second-order valence-electron chi connectivity index (χ2n) is 19.0. The molecular formula is C52H76N6O18. The number of amides is 5. The highest BCUT2D eigenvalue weighted by Crippen LogP contribution is 2.29. The number of hydrogen-bond acceptors (Lipinski definition) is 19. The molecule has 0 unspecified atom stereocenters. The van der Waals surface area contributed by atoms with Gasteiger partial charge < -0.3 is 64.4 Å². The lowest BCUT2D eigenvalue weighted by atomic mass is 9.88. The monoisotopic (exact) mass is 1070 g/mol. The van der Waals surface area contributed by atoms with Crippen LogP contribution in [0.3, 0.4) is 0 Å². The number of hydrogen-bond donors (Lipinski definition) is 12. The summed E-state index contributed by atoms with van der Waals surface area (Å²) in [5.74, 6) is -0.648. The molecule has 3 aromatic rings. The minimum absolute atomic E-state index is 0.115. The second-order valence-corrected chi connectivity index (χ2v) is 19.0. The molecule has 0 saturated heterocycles. The first-order valence-corrected chi connectivity index (χ1v) is 24.7. The molecule has 76 heavy (non-hydrogen) atoms. The van der Waals surface area contributed by atoms with Crippen molar-refractivity contribution in [2.75, 3.05) is 118 Å². The van der Waals surface area contributed by atoms with Gasteiger partial charge in [0.15, 0.2) is 0 Å². The number of nitrogens with one attached hydrogen (secondary N) is 6. The van der Waals surface area contributed by atoms with Crippen molar-refractivity contribution in [3.05, 3.63) is 71.3 Å². The van der Waals surface area contributed by atoms with E-state index in [4.69, 9.17) is 28.4 Å². The Morgan fingerprint density at radius 2 is 0.645 bits per heavy atom. The molecule has 0 aliphatic rings. The summed E-state index contributed by atoms with van der Waals surface area (Å²) < 4.78 is 32.8. The lowest BCUT2D eigenvalue weighted by Crippen LogP contribution is -2.40. The average molecular weight is 1070 g/mol. The van der Waals surface area contributed by atoms with Crippen LogP contribution >= 0.6 is 0 Å². The predicted octanol–water partition coefficient (Wildman–Crippen LogP) is 6.25. The highest BCUT2D eigenvalue weighted by atomic mass is 16.6. The van der Waals surface area contributed by atoms with Gasteiger partial charge in [0.2, 0.25) is 0 Å². The van der Waals surface area contributed by atoms with Gasteiger partial charge in [-0.2, -0.15) is 0 Å². The van der Waals surface area contributed by atoms with E-state index in [9.17, 15) is 59.4 Å². The highest BCUT2D eigenvalue weighted by molar-refractivity contribution is 5.91. The van der Waals surface area contributed by atoms with Crippen molar-refractivity contribution in [3.8, 4) is 0 Å². The first kappa shape index (κ1) is 63.3. The van der Waals surface area contributed by atoms with Gasteiger partial charge in [0.05, 0.1) is 61.3 Å². The van der Waals surface area contributed by atoms with Crippen molar-refractivity contribution in [2.24, 2.45) is 21.7 Å². The van der Waals surface area contributed by atoms with E-state index in [1.807, 2.05) is 0 Å². The van der Waals surface area contributed by atoms with Crippen LogP contribution in [0.15, 0.2) is 54.6 Å². The van der Waals surface area contributed by atoms with Crippen LogP contribution in [-0.4, -0.2) is 153 Å². The Morgan fingerprint density at radius 3 is 0.947 bits per heavy atom. The summed E-state index contributed by atoms with van der Waals surface area (Å²) in [6.45, 7) is 7.29. The van der Waals surface area contributed by atoms with Gasteiger partial charge in [0.25, 0.3) is 0 Å². The van der Waals surface area contributed by atoms with Crippen molar-refractivity contribution < 1.29 is 87.8 Å². The van der Waals surface area contributed by atoms with Gasteiger partial charge in [-0.25, -0.2) is 24.0 Å². The first-order valence-electron chi connectivity index (χ1n) is 24.7. The standard InChI is InChI=1S/C52H76N6O18/c1-8-49(22-59,23-60)28-71-43(65)21-53-37-15-12-34(5)40(18-37)56-46(68)74-31-52(11-4,32-75-47(69)57-41-19-38(16-13-35(41)6)54-44(66)72-29-50(9-2,24-61)25-62)33-76-48(70)58-42-20-39(17-14-36(42)7)55-45(67)73-30-51(10-3,26-63)27-64/h12-20,53,59-64H,8-11,21-33H2,1-7H3,(H,54,66)(H,55,67)(H,56,68)(H,57,69)(H,58,70). The molecule has 0 spiro atoms. The Hall–Kier alpha value is -6.96. The smallest absolute Gasteiger partial charge is 0.411 e. The van der Waals surface area contributed by atoms with Crippen molar-refractivity contribution in [3.63, 3.8) is 0 Å². The molecule has 0 aromatic heterocycles. The van der Waals surface area contributed by atoms with E-state index in [-0.39, 0.29) is 68.7 Å². The van der Waals surface area contributed by atoms with Crippen LogP contribution in [0.2, 0.25) is 0 Å². The van der Waals surface area contributed by atoms with Crippen molar-refractivity contribution in [1.82, 2.24) is 0 Å². The third kappa shape index (κ3) is 19.3. The van der Waals surface area contributed by atoms with E-state index in [2.05, 4.69) is 31.9 Å². The van der Waals surface area contributed by atoms with Gasteiger partial charge >= 0.3 is 36.4 Å². The molecule has 0 atom stereocenters. The van der Waals surface area contributed by atoms with Crippen LogP contribution in [0.25, 0.3) is 0 Å². The highest BCUT2D eigenvalue weighted by Gasteiger charge is 2.36. The molecule has 3 aromatic carbocycles. The van der Waals surface area contributed by atoms with Crippen molar-refractivity contribution in [1.29, 1.82) is 0 Å². The quantitative estimate of drug-likeness (QED) is 0.0259. The van der Waals surface area contributed by atoms with E-state index in [0.717, 1.165) is 0 Å². The minimum Gasteiger partial charge on any atom is -0.464 e. The summed E-state index contributed by atoms with van der Waals surface area (Å²) in [7, 11) is 0. The van der Waals surface area contributed by atoms with Gasteiger partial charge in [0, 0.05) is 34.1 Å². The van der Waals surface area contributed by atoms with E-state index in [0.29, 0.717) is 47.3 Å². The molecule has 0 bridgehead atoms. The molecule has 0 radical (unpaired) electrons. The zero-order valence-corrected chi connectivity index (χ0v) is 44.3. The summed E-state index contributed by atoms with van der Waals surface area (Å²) in [5.41, 5.74) is -0.960. The lowest BCUT2D eigenvalue weighted by Gasteiger charge is -2.31. The zero-order chi connectivity index (χ0) is 56.5. The number of aliphatic hydroxyl groups excluding tert-OH is 6. The van der Waals surface area contributed by atoms with Crippen LogP contribution in [0, 0.1) is 42.4 Å². The lowest BCUT2D eigenvalue weighted by molar-refractivity contribution is -0.147. The normalized spacial score (nSPS) is 11.6. The van der Waals surface area contributed by atoms with Gasteiger partial charge in [-0.15, -0.1) is 0 Å². The van der Waals surface area contributed by atoms with Crippen molar-refractivity contribution in [2.45, 2.75) is 74.1 Å². The maximum atomic E-state index is 13.5. The van der Waals surface area contributed by atoms with E-state index in [1.54, 1.807) is 90.9 Å². The fourth-order valence-electron chi connectivity index (χ4n) is 6.67. The number of anilines is 6. The number of rotatable bonds is 30. The summed E-state index contributed by atoms with van der Waals surface area (Å²) in [4.78, 5) is 78.2. The van der Waals surface area contributed by atoms with Gasteiger partial charge in [-0.05, 0) is 99.5 Å². The maximum absolute atomic E-state index is 13.5. The molecule has 0 aliphatic heterocycles.